The first-order valence-corrected chi connectivity index (χ1v) is 6.22. The largest absolute Gasteiger partial charge is 0.223 e. The number of nitriles is 1. The Morgan fingerprint density at radius 3 is 2.33 bits per heavy atom. The molecule has 0 saturated heterocycles. The lowest BCUT2D eigenvalue weighted by molar-refractivity contribution is 0.598. The molecule has 1 rings (SSSR count). The Hall–Kier alpha value is -1.34. The Kier molecular flexibility index (Phi) is 3.15. The predicted octanol–water partition coefficient (Wildman–Crippen LogP) is 1.91. The number of hydrogen-bond donors (Lipinski definition) is 0. The Bertz CT molecular complexity index is 524. The summed E-state index contributed by atoms with van der Waals surface area (Å²) >= 11 is 0. The molecule has 0 bridgehead atoms. The van der Waals surface area contributed by atoms with Crippen LogP contribution in [0.2, 0.25) is 0 Å². The van der Waals surface area contributed by atoms with Gasteiger partial charge in [0.05, 0.1) is 11.0 Å². The zero-order valence-corrected chi connectivity index (χ0v) is 9.85. The van der Waals surface area contributed by atoms with Gasteiger partial charge in [0, 0.05) is 0 Å². The second-order valence-electron chi connectivity index (χ2n) is 3.55. The van der Waals surface area contributed by atoms with Gasteiger partial charge >= 0.3 is 0 Å². The van der Waals surface area contributed by atoms with E-state index in [4.69, 9.17) is 5.26 Å². The molecular weight excluding hydrogens is 210 g/mol. The molecule has 0 N–H and O–H groups in total. The minimum absolute atomic E-state index is 0.271. The molecule has 0 fully saturated rings. The maximum absolute atomic E-state index is 11.7. The number of aryl methyl sites for hydroxylation is 1. The van der Waals surface area contributed by atoms with Crippen LogP contribution >= 0.6 is 0 Å². The van der Waals surface area contributed by atoms with E-state index in [0.29, 0.717) is 0 Å². The van der Waals surface area contributed by atoms with Gasteiger partial charge in [0.1, 0.15) is 5.75 Å². The number of hydrogen-bond acceptors (Lipinski definition) is 3. The van der Waals surface area contributed by atoms with E-state index in [-0.39, 0.29) is 4.90 Å². The quantitative estimate of drug-likeness (QED) is 0.769. The summed E-state index contributed by atoms with van der Waals surface area (Å²) in [5.41, 5.74) is 2.77. The zero-order valence-electron chi connectivity index (χ0n) is 9.03. The molecule has 0 aromatic heterocycles. The van der Waals surface area contributed by atoms with Crippen molar-refractivity contribution >= 4 is 9.84 Å². The molecule has 0 radical (unpaired) electrons. The first-order valence-electron chi connectivity index (χ1n) is 4.56. The van der Waals surface area contributed by atoms with Crippen LogP contribution in [-0.2, 0) is 9.84 Å². The van der Waals surface area contributed by atoms with E-state index in [9.17, 15) is 8.42 Å². The van der Waals surface area contributed by atoms with Gasteiger partial charge in [-0.3, -0.25) is 0 Å². The summed E-state index contributed by atoms with van der Waals surface area (Å²) < 4.78 is 23.4. The van der Waals surface area contributed by atoms with Crippen molar-refractivity contribution in [2.75, 3.05) is 5.75 Å². The van der Waals surface area contributed by atoms with Gasteiger partial charge in [-0.25, -0.2) is 8.42 Å². The average Bonchev–Trinajstić information content (AvgIpc) is 2.13. The summed E-state index contributed by atoms with van der Waals surface area (Å²) in [4.78, 5) is 0.271. The van der Waals surface area contributed by atoms with Crippen LogP contribution in [0.25, 0.3) is 0 Å². The number of rotatable bonds is 2. The Labute approximate surface area is 90.3 Å². The topological polar surface area (TPSA) is 57.9 Å². The third-order valence-corrected chi connectivity index (χ3v) is 4.22. The van der Waals surface area contributed by atoms with E-state index in [1.165, 1.54) is 0 Å². The van der Waals surface area contributed by atoms with E-state index in [1.807, 2.05) is 13.8 Å². The van der Waals surface area contributed by atoms with Gasteiger partial charge in [0.15, 0.2) is 9.84 Å². The van der Waals surface area contributed by atoms with Gasteiger partial charge in [0.2, 0.25) is 0 Å². The third-order valence-electron chi connectivity index (χ3n) is 2.60. The minimum atomic E-state index is -3.44. The van der Waals surface area contributed by atoms with Crippen LogP contribution in [0.15, 0.2) is 17.0 Å². The molecule has 1 aromatic rings. The van der Waals surface area contributed by atoms with Crippen molar-refractivity contribution in [2.24, 2.45) is 0 Å². The fraction of sp³-hybridized carbons (Fsp3) is 0.364. The molecule has 0 saturated carbocycles. The highest BCUT2D eigenvalue weighted by Crippen LogP contribution is 2.22. The van der Waals surface area contributed by atoms with Crippen LogP contribution in [0.3, 0.4) is 0 Å². The summed E-state index contributed by atoms with van der Waals surface area (Å²) in [6.45, 7) is 5.59. The van der Waals surface area contributed by atoms with Gasteiger partial charge in [-0.15, -0.1) is 0 Å². The van der Waals surface area contributed by atoms with Crippen LogP contribution < -0.4 is 0 Å². The fourth-order valence-corrected chi connectivity index (χ4v) is 2.65. The lowest BCUT2D eigenvalue weighted by Crippen LogP contribution is -2.08. The van der Waals surface area contributed by atoms with Crippen molar-refractivity contribution in [2.45, 2.75) is 25.7 Å². The Balaban J connectivity index is 3.43. The van der Waals surface area contributed by atoms with Gasteiger partial charge in [-0.05, 0) is 43.5 Å². The summed E-state index contributed by atoms with van der Waals surface area (Å²) in [5, 5.41) is 8.45. The molecule has 0 heterocycles. The van der Waals surface area contributed by atoms with E-state index >= 15 is 0 Å². The average molecular weight is 223 g/mol. The van der Waals surface area contributed by atoms with Gasteiger partial charge in [0.25, 0.3) is 0 Å². The number of nitrogens with zero attached hydrogens (tertiary/aromatic N) is 1. The Morgan fingerprint density at radius 1 is 1.20 bits per heavy atom. The maximum atomic E-state index is 11.7. The maximum Gasteiger partial charge on any atom is 0.191 e. The molecule has 80 valence electrons. The van der Waals surface area contributed by atoms with Crippen molar-refractivity contribution in [3.63, 3.8) is 0 Å². The summed E-state index contributed by atoms with van der Waals surface area (Å²) in [6, 6.07) is 5.02. The van der Waals surface area contributed by atoms with Crippen molar-refractivity contribution in [3.05, 3.63) is 28.8 Å². The molecule has 0 aliphatic heterocycles. The SMILES string of the molecule is Cc1ccc(S(=O)(=O)CC#N)c(C)c1C. The zero-order chi connectivity index (χ0) is 11.6. The van der Waals surface area contributed by atoms with Crippen LogP contribution in [0.4, 0.5) is 0 Å². The molecule has 1 aromatic carbocycles. The van der Waals surface area contributed by atoms with Gasteiger partial charge in [-0.2, -0.15) is 5.26 Å². The smallest absolute Gasteiger partial charge is 0.191 e. The minimum Gasteiger partial charge on any atom is -0.223 e. The highest BCUT2D eigenvalue weighted by molar-refractivity contribution is 7.91. The molecule has 4 heteroatoms. The summed E-state index contributed by atoms with van der Waals surface area (Å²) in [5.74, 6) is -0.462. The second kappa shape index (κ2) is 4.03. The monoisotopic (exact) mass is 223 g/mol. The molecular formula is C11H13NO2S. The molecule has 0 unspecified atom stereocenters. The molecule has 0 amide bonds. The first kappa shape index (κ1) is 11.7. The van der Waals surface area contributed by atoms with Crippen LogP contribution in [0.5, 0.6) is 0 Å². The van der Waals surface area contributed by atoms with E-state index in [2.05, 4.69) is 0 Å². The standard InChI is InChI=1S/C11H13NO2S/c1-8-4-5-11(10(3)9(8)2)15(13,14)7-6-12/h4-5H,7H2,1-3H3. The van der Waals surface area contributed by atoms with Crippen molar-refractivity contribution < 1.29 is 8.42 Å². The normalized spacial score (nSPS) is 11.1. The highest BCUT2D eigenvalue weighted by atomic mass is 32.2. The second-order valence-corrected chi connectivity index (χ2v) is 5.51. The van der Waals surface area contributed by atoms with Crippen LogP contribution in [0, 0.1) is 32.1 Å². The fourth-order valence-electron chi connectivity index (χ4n) is 1.43. The molecule has 0 aliphatic rings. The predicted molar refractivity (Wildman–Crippen MR) is 58.3 cm³/mol. The van der Waals surface area contributed by atoms with Crippen molar-refractivity contribution in [1.82, 2.24) is 0 Å². The summed E-state index contributed by atoms with van der Waals surface area (Å²) in [6.07, 6.45) is 0. The van der Waals surface area contributed by atoms with E-state index < -0.39 is 15.6 Å². The first-order chi connectivity index (χ1) is 6.90. The summed E-state index contributed by atoms with van der Waals surface area (Å²) in [7, 11) is -3.44. The van der Waals surface area contributed by atoms with Gasteiger partial charge in [-0.1, -0.05) is 6.07 Å². The van der Waals surface area contributed by atoms with Crippen molar-refractivity contribution in [1.29, 1.82) is 5.26 Å². The van der Waals surface area contributed by atoms with E-state index in [0.717, 1.165) is 16.7 Å². The molecule has 0 aliphatic carbocycles. The lowest BCUT2D eigenvalue weighted by atomic mass is 10.1. The third kappa shape index (κ3) is 2.18. The lowest BCUT2D eigenvalue weighted by Gasteiger charge is -2.09. The molecule has 3 nitrogen and oxygen atoms in total. The number of benzene rings is 1. The van der Waals surface area contributed by atoms with Crippen LogP contribution in [-0.4, -0.2) is 14.2 Å². The molecule has 0 atom stereocenters. The van der Waals surface area contributed by atoms with Crippen molar-refractivity contribution in [3.8, 4) is 6.07 Å². The molecule has 0 spiro atoms. The van der Waals surface area contributed by atoms with Crippen LogP contribution in [0.1, 0.15) is 16.7 Å². The van der Waals surface area contributed by atoms with Gasteiger partial charge < -0.3 is 0 Å². The number of sulfone groups is 1. The van der Waals surface area contributed by atoms with E-state index in [1.54, 1.807) is 25.1 Å². The molecule has 15 heavy (non-hydrogen) atoms. The Morgan fingerprint density at radius 2 is 1.80 bits per heavy atom. The highest BCUT2D eigenvalue weighted by Gasteiger charge is 2.17.